The first-order chi connectivity index (χ1) is 10.3. The molecule has 0 amide bonds. The fraction of sp³-hybridized carbons (Fsp3) is 0.778. The number of carbonyl (C=O) groups excluding carboxylic acids is 2. The molecule has 3 nitrogen and oxygen atoms in total. The minimum absolute atomic E-state index is 0.0710. The van der Waals surface area contributed by atoms with Gasteiger partial charge in [-0.3, -0.25) is 9.59 Å². The van der Waals surface area contributed by atoms with E-state index in [4.69, 9.17) is 4.74 Å². The third kappa shape index (κ3) is 4.80. The van der Waals surface area contributed by atoms with Crippen molar-refractivity contribution in [3.8, 4) is 0 Å². The van der Waals surface area contributed by atoms with Crippen LogP contribution in [0.5, 0.6) is 0 Å². The fourth-order valence-corrected chi connectivity index (χ4v) is 5.11. The maximum atomic E-state index is 12.7. The van der Waals surface area contributed by atoms with E-state index in [9.17, 15) is 9.59 Å². The summed E-state index contributed by atoms with van der Waals surface area (Å²) < 4.78 is 5.76. The van der Waals surface area contributed by atoms with E-state index in [2.05, 4.69) is 32.3 Å². The largest absolute Gasteiger partial charge is 0.462 e. The predicted molar refractivity (Wildman–Crippen MR) is 91.3 cm³/mol. The van der Waals surface area contributed by atoms with Crippen molar-refractivity contribution in [3.05, 3.63) is 11.3 Å². The molecule has 0 aromatic carbocycles. The SMILES string of the molecule is C[C@@H]1CC(=O)C[C@@H](C(=O)OC2CCCCC2)/C1=C/[Si](C)(C)C. The highest BCUT2D eigenvalue weighted by Crippen LogP contribution is 2.35. The van der Waals surface area contributed by atoms with Crippen LogP contribution in [0.1, 0.15) is 51.9 Å². The number of hydrogen-bond donors (Lipinski definition) is 0. The van der Waals surface area contributed by atoms with Gasteiger partial charge in [0.25, 0.3) is 0 Å². The van der Waals surface area contributed by atoms with E-state index >= 15 is 0 Å². The maximum absolute atomic E-state index is 12.7. The second kappa shape index (κ2) is 7.11. The summed E-state index contributed by atoms with van der Waals surface area (Å²) >= 11 is 0. The lowest BCUT2D eigenvalue weighted by Crippen LogP contribution is -2.35. The van der Waals surface area contributed by atoms with Crippen molar-refractivity contribution in [2.45, 2.75) is 77.6 Å². The number of ketones is 1. The summed E-state index contributed by atoms with van der Waals surface area (Å²) in [5, 5.41) is 0. The van der Waals surface area contributed by atoms with E-state index in [1.165, 1.54) is 12.0 Å². The summed E-state index contributed by atoms with van der Waals surface area (Å²) in [6, 6.07) is 0. The van der Waals surface area contributed by atoms with Crippen molar-refractivity contribution >= 4 is 19.8 Å². The number of rotatable bonds is 3. The zero-order valence-corrected chi connectivity index (χ0v) is 15.5. The highest BCUT2D eigenvalue weighted by Gasteiger charge is 2.37. The Morgan fingerprint density at radius 3 is 2.36 bits per heavy atom. The van der Waals surface area contributed by atoms with Gasteiger partial charge in [0.2, 0.25) is 0 Å². The average Bonchev–Trinajstić information content (AvgIpc) is 2.41. The molecule has 0 aromatic heterocycles. The Kier molecular flexibility index (Phi) is 5.64. The van der Waals surface area contributed by atoms with Crippen LogP contribution in [0.25, 0.3) is 0 Å². The lowest BCUT2D eigenvalue weighted by Gasteiger charge is -2.32. The van der Waals surface area contributed by atoms with Gasteiger partial charge in [-0.05, 0) is 31.6 Å². The van der Waals surface area contributed by atoms with E-state index in [0.29, 0.717) is 12.8 Å². The summed E-state index contributed by atoms with van der Waals surface area (Å²) in [6.07, 6.45) is 6.49. The van der Waals surface area contributed by atoms with Gasteiger partial charge in [-0.25, -0.2) is 0 Å². The van der Waals surface area contributed by atoms with E-state index in [1.54, 1.807) is 0 Å². The third-order valence-electron chi connectivity index (χ3n) is 4.66. The summed E-state index contributed by atoms with van der Waals surface area (Å²) in [5.74, 6) is -0.107. The predicted octanol–water partition coefficient (Wildman–Crippen LogP) is 4.28. The Morgan fingerprint density at radius 2 is 1.77 bits per heavy atom. The Hall–Kier alpha value is -0.903. The Labute approximate surface area is 135 Å². The molecule has 2 aliphatic carbocycles. The van der Waals surface area contributed by atoms with Gasteiger partial charge in [0.1, 0.15) is 11.9 Å². The molecule has 2 aliphatic rings. The average molecular weight is 323 g/mol. The molecule has 0 radical (unpaired) electrons. The van der Waals surface area contributed by atoms with Gasteiger partial charge < -0.3 is 4.74 Å². The van der Waals surface area contributed by atoms with Crippen LogP contribution in [0.3, 0.4) is 0 Å². The van der Waals surface area contributed by atoms with E-state index in [0.717, 1.165) is 25.7 Å². The second-order valence-electron chi connectivity index (χ2n) is 8.11. The monoisotopic (exact) mass is 322 g/mol. The molecule has 2 rings (SSSR count). The molecule has 2 atom stereocenters. The fourth-order valence-electron chi connectivity index (χ4n) is 3.62. The first kappa shape index (κ1) is 17.5. The van der Waals surface area contributed by atoms with E-state index in [1.807, 2.05) is 0 Å². The first-order valence-electron chi connectivity index (χ1n) is 8.71. The molecule has 124 valence electrons. The molecule has 0 heterocycles. The second-order valence-corrected chi connectivity index (χ2v) is 13.1. The summed E-state index contributed by atoms with van der Waals surface area (Å²) in [4.78, 5) is 24.6. The molecule has 4 heteroatoms. The molecule has 2 saturated carbocycles. The minimum atomic E-state index is -1.43. The molecule has 0 N–H and O–H groups in total. The van der Waals surface area contributed by atoms with Crippen LogP contribution >= 0.6 is 0 Å². The third-order valence-corrected chi connectivity index (χ3v) is 5.86. The van der Waals surface area contributed by atoms with E-state index in [-0.39, 0.29) is 29.7 Å². The number of ether oxygens (including phenoxy) is 1. The number of Topliss-reactive ketones (excluding diaryl/α,β-unsaturated/α-hetero) is 1. The van der Waals surface area contributed by atoms with Gasteiger partial charge in [-0.1, -0.05) is 44.3 Å². The van der Waals surface area contributed by atoms with Crippen LogP contribution in [0.15, 0.2) is 11.3 Å². The highest BCUT2D eigenvalue weighted by atomic mass is 28.3. The van der Waals surface area contributed by atoms with Gasteiger partial charge in [0.05, 0.1) is 14.0 Å². The van der Waals surface area contributed by atoms with Crippen LogP contribution < -0.4 is 0 Å². The zero-order valence-electron chi connectivity index (χ0n) is 14.5. The molecule has 0 bridgehead atoms. The summed E-state index contributed by atoms with van der Waals surface area (Å²) in [7, 11) is -1.43. The van der Waals surface area contributed by atoms with Crippen LogP contribution in [-0.4, -0.2) is 25.9 Å². The van der Waals surface area contributed by atoms with Gasteiger partial charge in [0.15, 0.2) is 0 Å². The number of carbonyl (C=O) groups is 2. The van der Waals surface area contributed by atoms with Crippen molar-refractivity contribution in [2.75, 3.05) is 0 Å². The topological polar surface area (TPSA) is 43.4 Å². The quantitative estimate of drug-likeness (QED) is 0.575. The van der Waals surface area contributed by atoms with Crippen LogP contribution in [0, 0.1) is 11.8 Å². The van der Waals surface area contributed by atoms with E-state index < -0.39 is 8.07 Å². The summed E-state index contributed by atoms with van der Waals surface area (Å²) in [5.41, 5.74) is 3.48. The maximum Gasteiger partial charge on any atom is 0.313 e. The molecular weight excluding hydrogens is 292 g/mol. The standard InChI is InChI=1S/C18H30O3Si/c1-13-10-14(19)11-16(17(13)12-22(2,3)4)18(20)21-15-8-6-5-7-9-15/h12-13,15-16H,5-11H2,1-4H3/b17-12+/t13-,16-/m1/s1. The molecule has 0 unspecified atom stereocenters. The van der Waals surface area contributed by atoms with Crippen LogP contribution in [0.4, 0.5) is 0 Å². The van der Waals surface area contributed by atoms with Crippen molar-refractivity contribution in [1.29, 1.82) is 0 Å². The van der Waals surface area contributed by atoms with Crippen molar-refractivity contribution in [3.63, 3.8) is 0 Å². The molecule has 2 fully saturated rings. The molecule has 0 aliphatic heterocycles. The molecule has 22 heavy (non-hydrogen) atoms. The smallest absolute Gasteiger partial charge is 0.313 e. The van der Waals surface area contributed by atoms with Gasteiger partial charge >= 0.3 is 5.97 Å². The normalized spacial score (nSPS) is 29.6. The molecule has 0 aromatic rings. The number of hydrogen-bond acceptors (Lipinski definition) is 3. The Morgan fingerprint density at radius 1 is 1.14 bits per heavy atom. The van der Waals surface area contributed by atoms with Crippen LogP contribution in [-0.2, 0) is 14.3 Å². The molecule has 0 spiro atoms. The number of esters is 1. The molecule has 0 saturated heterocycles. The Bertz CT molecular complexity index is 455. The van der Waals surface area contributed by atoms with Crippen molar-refractivity contribution < 1.29 is 14.3 Å². The van der Waals surface area contributed by atoms with Gasteiger partial charge in [0, 0.05) is 12.8 Å². The highest BCUT2D eigenvalue weighted by molar-refractivity contribution is 6.81. The lowest BCUT2D eigenvalue weighted by atomic mass is 9.77. The zero-order chi connectivity index (χ0) is 16.3. The lowest BCUT2D eigenvalue weighted by molar-refractivity contribution is -0.156. The minimum Gasteiger partial charge on any atom is -0.462 e. The van der Waals surface area contributed by atoms with Crippen molar-refractivity contribution in [2.24, 2.45) is 11.8 Å². The van der Waals surface area contributed by atoms with Crippen LogP contribution in [0.2, 0.25) is 19.6 Å². The van der Waals surface area contributed by atoms with Crippen molar-refractivity contribution in [1.82, 2.24) is 0 Å². The first-order valence-corrected chi connectivity index (χ1v) is 12.3. The summed E-state index contributed by atoms with van der Waals surface area (Å²) in [6.45, 7) is 8.88. The Balaban J connectivity index is 2.14. The van der Waals surface area contributed by atoms with Gasteiger partial charge in [-0.15, -0.1) is 0 Å². The molecular formula is C18H30O3Si. The van der Waals surface area contributed by atoms with Gasteiger partial charge in [-0.2, -0.15) is 0 Å².